The van der Waals surface area contributed by atoms with Crippen LogP contribution in [0.3, 0.4) is 0 Å². The van der Waals surface area contributed by atoms with Crippen molar-refractivity contribution in [1.29, 1.82) is 0 Å². The molecule has 0 aromatic rings. The fourth-order valence-electron chi connectivity index (χ4n) is 2.30. The quantitative estimate of drug-likeness (QED) is 0.233. The van der Waals surface area contributed by atoms with Crippen molar-refractivity contribution in [3.05, 3.63) is 0 Å². The zero-order valence-electron chi connectivity index (χ0n) is 15.3. The Bertz CT molecular complexity index is 360. The Morgan fingerprint density at radius 1 is 1.17 bits per heavy atom. The van der Waals surface area contributed by atoms with Crippen molar-refractivity contribution in [1.82, 2.24) is 20.4 Å². The Morgan fingerprint density at radius 2 is 1.83 bits per heavy atom. The zero-order chi connectivity index (χ0) is 16.9. The van der Waals surface area contributed by atoms with Gasteiger partial charge >= 0.3 is 0 Å². The number of carbonyl (C=O) groups is 1. The van der Waals surface area contributed by atoms with Gasteiger partial charge in [-0.25, -0.2) is 0 Å². The molecule has 1 aliphatic rings. The van der Waals surface area contributed by atoms with E-state index in [2.05, 4.69) is 34.5 Å². The van der Waals surface area contributed by atoms with Gasteiger partial charge < -0.3 is 25.2 Å². The summed E-state index contributed by atoms with van der Waals surface area (Å²) < 4.78 is 5.04. The van der Waals surface area contributed by atoms with E-state index < -0.39 is 0 Å². The highest BCUT2D eigenvalue weighted by molar-refractivity contribution is 14.0. The lowest BCUT2D eigenvalue weighted by Crippen LogP contribution is -2.48. The van der Waals surface area contributed by atoms with Crippen molar-refractivity contribution in [2.45, 2.75) is 26.2 Å². The summed E-state index contributed by atoms with van der Waals surface area (Å²) >= 11 is 0. The van der Waals surface area contributed by atoms with Crippen LogP contribution in [0.5, 0.6) is 0 Å². The number of hydrogen-bond donors (Lipinski definition) is 2. The van der Waals surface area contributed by atoms with Crippen molar-refractivity contribution in [2.24, 2.45) is 4.99 Å². The first-order valence-electron chi connectivity index (χ1n) is 8.64. The second kappa shape index (κ2) is 14.7. The number of hydrogen-bond acceptors (Lipinski definition) is 4. The molecule has 1 fully saturated rings. The molecule has 24 heavy (non-hydrogen) atoms. The van der Waals surface area contributed by atoms with E-state index in [-0.39, 0.29) is 29.9 Å². The van der Waals surface area contributed by atoms with E-state index in [0.717, 1.165) is 51.5 Å². The molecule has 0 radical (unpaired) electrons. The maximum Gasteiger partial charge on any atom is 0.224 e. The number of carbonyl (C=O) groups excluding carboxylic acids is 1. The van der Waals surface area contributed by atoms with Gasteiger partial charge in [-0.1, -0.05) is 13.3 Å². The minimum Gasteiger partial charge on any atom is -0.383 e. The highest BCUT2D eigenvalue weighted by Crippen LogP contribution is 2.01. The van der Waals surface area contributed by atoms with Gasteiger partial charge in [-0.05, 0) is 13.5 Å². The molecule has 1 saturated heterocycles. The molecule has 2 N–H and O–H groups in total. The number of guanidine groups is 1. The van der Waals surface area contributed by atoms with Crippen LogP contribution in [0.15, 0.2) is 4.99 Å². The highest BCUT2D eigenvalue weighted by Gasteiger charge is 2.18. The van der Waals surface area contributed by atoms with Gasteiger partial charge in [0.25, 0.3) is 0 Å². The summed E-state index contributed by atoms with van der Waals surface area (Å²) in [6.07, 6.45) is 2.69. The average molecular weight is 455 g/mol. The molecule has 0 aromatic carbocycles. The summed E-state index contributed by atoms with van der Waals surface area (Å²) in [6.45, 7) is 8.48. The van der Waals surface area contributed by atoms with Crippen LogP contribution in [0.1, 0.15) is 26.2 Å². The van der Waals surface area contributed by atoms with Gasteiger partial charge in [0.1, 0.15) is 0 Å². The summed E-state index contributed by atoms with van der Waals surface area (Å²) in [5.74, 6) is 0.983. The summed E-state index contributed by atoms with van der Waals surface area (Å²) in [5, 5.41) is 6.46. The number of nitrogens with one attached hydrogen (secondary N) is 2. The number of ether oxygens (including phenoxy) is 1. The van der Waals surface area contributed by atoms with E-state index in [0.29, 0.717) is 26.1 Å². The molecule has 1 amide bonds. The number of halogens is 1. The van der Waals surface area contributed by atoms with Crippen LogP contribution in [-0.2, 0) is 9.53 Å². The van der Waals surface area contributed by atoms with Crippen molar-refractivity contribution >= 4 is 35.8 Å². The van der Waals surface area contributed by atoms with E-state index in [1.165, 1.54) is 0 Å². The molecular weight excluding hydrogens is 421 g/mol. The Kier molecular flexibility index (Phi) is 14.3. The second-order valence-electron chi connectivity index (χ2n) is 5.86. The molecule has 7 nitrogen and oxygen atoms in total. The lowest BCUT2D eigenvalue weighted by Gasteiger charge is -2.32. The van der Waals surface area contributed by atoms with Crippen molar-refractivity contribution < 1.29 is 9.53 Å². The number of unbranched alkanes of at least 4 members (excludes halogenated alkanes) is 1. The number of aliphatic imine (C=N–C) groups is 1. The standard InChI is InChI=1S/C16H33N5O2.HI/c1-4-5-7-17-16(19-9-14-23-3)18-8-6-15(22)21-12-10-20(2)11-13-21;/h4-14H2,1-3H3,(H2,17,18,19);1H. The Labute approximate surface area is 163 Å². The average Bonchev–Trinajstić information content (AvgIpc) is 2.55. The van der Waals surface area contributed by atoms with Crippen molar-refractivity contribution in [3.63, 3.8) is 0 Å². The maximum absolute atomic E-state index is 12.2. The first kappa shape index (κ1) is 23.4. The molecule has 0 spiro atoms. The molecule has 0 saturated carbocycles. The number of likely N-dealkylation sites (N-methyl/N-ethyl adjacent to an activating group) is 1. The number of amides is 1. The monoisotopic (exact) mass is 455 g/mol. The first-order chi connectivity index (χ1) is 11.2. The van der Waals surface area contributed by atoms with Gasteiger partial charge in [-0.15, -0.1) is 24.0 Å². The van der Waals surface area contributed by atoms with E-state index >= 15 is 0 Å². The molecule has 0 unspecified atom stereocenters. The fourth-order valence-corrected chi connectivity index (χ4v) is 2.30. The van der Waals surface area contributed by atoms with Crippen LogP contribution in [-0.4, -0.2) is 88.2 Å². The van der Waals surface area contributed by atoms with Gasteiger partial charge in [-0.3, -0.25) is 9.79 Å². The van der Waals surface area contributed by atoms with E-state index in [4.69, 9.17) is 4.74 Å². The molecule has 142 valence electrons. The Morgan fingerprint density at radius 3 is 2.46 bits per heavy atom. The summed E-state index contributed by atoms with van der Waals surface area (Å²) in [7, 11) is 3.77. The molecule has 0 aromatic heterocycles. The zero-order valence-corrected chi connectivity index (χ0v) is 17.7. The van der Waals surface area contributed by atoms with E-state index in [1.807, 2.05) is 4.90 Å². The molecule has 0 atom stereocenters. The van der Waals surface area contributed by atoms with Crippen LogP contribution in [0.4, 0.5) is 0 Å². The third kappa shape index (κ3) is 10.3. The highest BCUT2D eigenvalue weighted by atomic mass is 127. The third-order valence-corrected chi connectivity index (χ3v) is 3.87. The normalized spacial score (nSPS) is 15.8. The van der Waals surface area contributed by atoms with Crippen LogP contribution < -0.4 is 10.6 Å². The predicted molar refractivity (Wildman–Crippen MR) is 109 cm³/mol. The molecule has 1 aliphatic heterocycles. The summed E-state index contributed by atoms with van der Waals surface area (Å²) in [6, 6.07) is 0. The molecule has 0 bridgehead atoms. The van der Waals surface area contributed by atoms with Crippen LogP contribution >= 0.6 is 24.0 Å². The van der Waals surface area contributed by atoms with Gasteiger partial charge in [0.2, 0.25) is 5.91 Å². The van der Waals surface area contributed by atoms with Gasteiger partial charge in [0.05, 0.1) is 6.61 Å². The lowest BCUT2D eigenvalue weighted by atomic mass is 10.3. The molecule has 8 heteroatoms. The Balaban J connectivity index is 0.00000529. The topological polar surface area (TPSA) is 69.2 Å². The largest absolute Gasteiger partial charge is 0.383 e. The predicted octanol–water partition coefficient (Wildman–Crippen LogP) is 0.750. The van der Waals surface area contributed by atoms with Crippen LogP contribution in [0.2, 0.25) is 0 Å². The lowest BCUT2D eigenvalue weighted by molar-refractivity contribution is -0.132. The third-order valence-electron chi connectivity index (χ3n) is 3.87. The van der Waals surface area contributed by atoms with Crippen molar-refractivity contribution in [2.75, 3.05) is 66.6 Å². The maximum atomic E-state index is 12.2. The van der Waals surface area contributed by atoms with E-state index in [1.54, 1.807) is 7.11 Å². The first-order valence-corrected chi connectivity index (χ1v) is 8.64. The minimum atomic E-state index is 0. The SMILES string of the molecule is CCCCN=C(NCCOC)NCCC(=O)N1CCN(C)CC1.I. The number of piperazine rings is 1. The number of nitrogens with zero attached hydrogens (tertiary/aromatic N) is 3. The van der Waals surface area contributed by atoms with Crippen LogP contribution in [0, 0.1) is 0 Å². The molecule has 1 heterocycles. The summed E-state index contributed by atoms with van der Waals surface area (Å²) in [5.41, 5.74) is 0. The van der Waals surface area contributed by atoms with E-state index in [9.17, 15) is 4.79 Å². The van der Waals surface area contributed by atoms with Gasteiger partial charge in [0.15, 0.2) is 5.96 Å². The molecular formula is C16H34IN5O2. The second-order valence-corrected chi connectivity index (χ2v) is 5.86. The minimum absolute atomic E-state index is 0. The van der Waals surface area contributed by atoms with Gasteiger partial charge in [0, 0.05) is 59.3 Å². The number of methoxy groups -OCH3 is 1. The van der Waals surface area contributed by atoms with Crippen LogP contribution in [0.25, 0.3) is 0 Å². The summed E-state index contributed by atoms with van der Waals surface area (Å²) in [4.78, 5) is 20.9. The molecule has 0 aliphatic carbocycles. The molecule has 1 rings (SSSR count). The Hall–Kier alpha value is -0.610. The van der Waals surface area contributed by atoms with Crippen molar-refractivity contribution in [3.8, 4) is 0 Å². The smallest absolute Gasteiger partial charge is 0.224 e. The van der Waals surface area contributed by atoms with Gasteiger partial charge in [-0.2, -0.15) is 0 Å². The number of rotatable bonds is 9. The fraction of sp³-hybridized carbons (Fsp3) is 0.875.